The lowest BCUT2D eigenvalue weighted by molar-refractivity contribution is -0.130. The topological polar surface area (TPSA) is 65.8 Å². The molecule has 2 amide bonds. The van der Waals surface area contributed by atoms with E-state index in [4.69, 9.17) is 28.2 Å². The van der Waals surface area contributed by atoms with Crippen molar-refractivity contribution in [2.24, 2.45) is 0 Å². The number of carbonyl (C=O) groups is 2. The number of furan rings is 1. The summed E-state index contributed by atoms with van der Waals surface area (Å²) in [6.45, 7) is 0.334. The first kappa shape index (κ1) is 17.4. The molecule has 1 fully saturated rings. The van der Waals surface area contributed by atoms with Crippen molar-refractivity contribution in [1.29, 1.82) is 0 Å². The molecule has 1 aliphatic rings. The van der Waals surface area contributed by atoms with E-state index in [1.54, 1.807) is 54.6 Å². The SMILES string of the molecule is CN1C(=O)[C@@H](CC(=O)Nc2ccc(Cl)cc2)N(Cc2ccco2)C1=S. The first-order valence-corrected chi connectivity index (χ1v) is 8.40. The summed E-state index contributed by atoms with van der Waals surface area (Å²) in [7, 11) is 1.61. The standard InChI is InChI=1S/C17H16ClN3O3S/c1-20-16(23)14(21(17(20)25)10-13-3-2-8-24-13)9-15(22)19-12-6-4-11(18)5-7-12/h2-8,14H,9-10H2,1H3,(H,19,22)/t14-/m1/s1. The zero-order chi connectivity index (χ0) is 18.0. The number of thiocarbonyl (C=S) groups is 1. The molecule has 1 atom stereocenters. The highest BCUT2D eigenvalue weighted by Gasteiger charge is 2.41. The Morgan fingerprint density at radius 1 is 1.32 bits per heavy atom. The third-order valence-electron chi connectivity index (χ3n) is 3.94. The highest BCUT2D eigenvalue weighted by Crippen LogP contribution is 2.23. The number of halogens is 1. The maximum absolute atomic E-state index is 12.5. The average molecular weight is 378 g/mol. The van der Waals surface area contributed by atoms with Gasteiger partial charge in [0.1, 0.15) is 11.8 Å². The van der Waals surface area contributed by atoms with Crippen LogP contribution in [0.25, 0.3) is 0 Å². The van der Waals surface area contributed by atoms with E-state index >= 15 is 0 Å². The number of amides is 2. The summed E-state index contributed by atoms with van der Waals surface area (Å²) in [5.74, 6) is 0.194. The summed E-state index contributed by atoms with van der Waals surface area (Å²) in [5.41, 5.74) is 0.619. The molecule has 1 aliphatic heterocycles. The Balaban J connectivity index is 1.71. The second-order valence-corrected chi connectivity index (χ2v) is 6.46. The second kappa shape index (κ2) is 7.25. The van der Waals surface area contributed by atoms with Crippen molar-refractivity contribution >= 4 is 46.4 Å². The van der Waals surface area contributed by atoms with Crippen LogP contribution < -0.4 is 5.32 Å². The van der Waals surface area contributed by atoms with Crippen LogP contribution >= 0.6 is 23.8 Å². The third-order valence-corrected chi connectivity index (χ3v) is 4.70. The van der Waals surface area contributed by atoms with Gasteiger partial charge in [-0.15, -0.1) is 0 Å². The van der Waals surface area contributed by atoms with Gasteiger partial charge in [0.25, 0.3) is 5.91 Å². The van der Waals surface area contributed by atoms with Crippen molar-refractivity contribution in [2.75, 3.05) is 12.4 Å². The highest BCUT2D eigenvalue weighted by molar-refractivity contribution is 7.80. The fraction of sp³-hybridized carbons (Fsp3) is 0.235. The van der Waals surface area contributed by atoms with Crippen LogP contribution in [0, 0.1) is 0 Å². The van der Waals surface area contributed by atoms with Crippen LogP contribution in [-0.4, -0.2) is 39.8 Å². The molecule has 0 saturated carbocycles. The molecular formula is C17H16ClN3O3S. The summed E-state index contributed by atoms with van der Waals surface area (Å²) < 4.78 is 5.33. The normalized spacial score (nSPS) is 17.3. The van der Waals surface area contributed by atoms with E-state index in [0.29, 0.717) is 28.1 Å². The monoisotopic (exact) mass is 377 g/mol. The number of anilines is 1. The van der Waals surface area contributed by atoms with E-state index < -0.39 is 6.04 Å². The van der Waals surface area contributed by atoms with Crippen molar-refractivity contribution in [3.63, 3.8) is 0 Å². The lowest BCUT2D eigenvalue weighted by Crippen LogP contribution is -2.37. The molecule has 3 rings (SSSR count). The Morgan fingerprint density at radius 2 is 2.04 bits per heavy atom. The van der Waals surface area contributed by atoms with E-state index in [2.05, 4.69) is 5.32 Å². The van der Waals surface area contributed by atoms with Gasteiger partial charge in [-0.05, 0) is 48.6 Å². The molecule has 1 N–H and O–H groups in total. The fourth-order valence-corrected chi connectivity index (χ4v) is 3.05. The maximum Gasteiger partial charge on any atom is 0.251 e. The quantitative estimate of drug-likeness (QED) is 0.811. The molecule has 1 aromatic carbocycles. The van der Waals surface area contributed by atoms with Crippen LogP contribution in [-0.2, 0) is 16.1 Å². The van der Waals surface area contributed by atoms with Crippen LogP contribution in [0.4, 0.5) is 5.69 Å². The van der Waals surface area contributed by atoms with E-state index in [1.165, 1.54) is 4.90 Å². The van der Waals surface area contributed by atoms with E-state index in [9.17, 15) is 9.59 Å². The Hall–Kier alpha value is -2.38. The van der Waals surface area contributed by atoms with Gasteiger partial charge in [-0.1, -0.05) is 11.6 Å². The lowest BCUT2D eigenvalue weighted by atomic mass is 10.1. The molecule has 0 bridgehead atoms. The smallest absolute Gasteiger partial charge is 0.251 e. The number of rotatable bonds is 5. The van der Waals surface area contributed by atoms with Crippen LogP contribution in [0.3, 0.4) is 0 Å². The maximum atomic E-state index is 12.5. The van der Waals surface area contributed by atoms with Gasteiger partial charge in [0.2, 0.25) is 5.91 Å². The summed E-state index contributed by atoms with van der Waals surface area (Å²) >= 11 is 11.2. The van der Waals surface area contributed by atoms with Crippen LogP contribution in [0.1, 0.15) is 12.2 Å². The molecule has 1 saturated heterocycles. The van der Waals surface area contributed by atoms with Crippen molar-refractivity contribution in [3.05, 3.63) is 53.4 Å². The van der Waals surface area contributed by atoms with Crippen LogP contribution in [0.2, 0.25) is 5.02 Å². The number of nitrogens with zero attached hydrogens (tertiary/aromatic N) is 2. The van der Waals surface area contributed by atoms with Crippen molar-refractivity contribution in [1.82, 2.24) is 9.80 Å². The molecule has 2 aromatic rings. The zero-order valence-electron chi connectivity index (χ0n) is 13.4. The van der Waals surface area contributed by atoms with Gasteiger partial charge in [-0.2, -0.15) is 0 Å². The Morgan fingerprint density at radius 3 is 2.68 bits per heavy atom. The number of nitrogens with one attached hydrogen (secondary N) is 1. The molecule has 2 heterocycles. The Kier molecular flexibility index (Phi) is 5.06. The number of hydrogen-bond acceptors (Lipinski definition) is 4. The molecule has 25 heavy (non-hydrogen) atoms. The van der Waals surface area contributed by atoms with Gasteiger partial charge < -0.3 is 14.6 Å². The predicted molar refractivity (Wildman–Crippen MR) is 98.1 cm³/mol. The molecule has 130 valence electrons. The third kappa shape index (κ3) is 3.83. The van der Waals surface area contributed by atoms with Crippen molar-refractivity contribution < 1.29 is 14.0 Å². The minimum Gasteiger partial charge on any atom is -0.467 e. The molecule has 0 unspecified atom stereocenters. The van der Waals surface area contributed by atoms with Gasteiger partial charge in [-0.25, -0.2) is 0 Å². The largest absolute Gasteiger partial charge is 0.467 e. The number of carbonyl (C=O) groups excluding carboxylic acids is 2. The molecule has 0 aliphatic carbocycles. The Labute approximate surface area is 155 Å². The average Bonchev–Trinajstić information content (AvgIpc) is 3.17. The fourth-order valence-electron chi connectivity index (χ4n) is 2.64. The minimum absolute atomic E-state index is 0.00729. The lowest BCUT2D eigenvalue weighted by Gasteiger charge is -2.22. The minimum atomic E-state index is -0.657. The number of benzene rings is 1. The molecule has 1 aromatic heterocycles. The second-order valence-electron chi connectivity index (χ2n) is 5.66. The van der Waals surface area contributed by atoms with E-state index in [-0.39, 0.29) is 18.2 Å². The van der Waals surface area contributed by atoms with Gasteiger partial charge in [-0.3, -0.25) is 14.5 Å². The van der Waals surface area contributed by atoms with Crippen LogP contribution in [0.15, 0.2) is 47.1 Å². The Bertz CT molecular complexity index is 792. The van der Waals surface area contributed by atoms with Gasteiger partial charge in [0.05, 0.1) is 19.2 Å². The molecule has 0 radical (unpaired) electrons. The van der Waals surface area contributed by atoms with Crippen LogP contribution in [0.5, 0.6) is 0 Å². The zero-order valence-corrected chi connectivity index (χ0v) is 15.0. The molecule has 0 spiro atoms. The first-order chi connectivity index (χ1) is 12.0. The van der Waals surface area contributed by atoms with Gasteiger partial charge in [0, 0.05) is 17.8 Å². The van der Waals surface area contributed by atoms with Crippen molar-refractivity contribution in [3.8, 4) is 0 Å². The number of hydrogen-bond donors (Lipinski definition) is 1. The predicted octanol–water partition coefficient (Wildman–Crippen LogP) is 2.89. The number of likely N-dealkylation sites (N-methyl/N-ethyl adjacent to an activating group) is 1. The highest BCUT2D eigenvalue weighted by atomic mass is 35.5. The van der Waals surface area contributed by atoms with E-state index in [1.807, 2.05) is 0 Å². The summed E-state index contributed by atoms with van der Waals surface area (Å²) in [6, 6.07) is 9.68. The van der Waals surface area contributed by atoms with Gasteiger partial charge >= 0.3 is 0 Å². The first-order valence-electron chi connectivity index (χ1n) is 7.61. The van der Waals surface area contributed by atoms with Crippen molar-refractivity contribution in [2.45, 2.75) is 19.0 Å². The van der Waals surface area contributed by atoms with E-state index in [0.717, 1.165) is 0 Å². The summed E-state index contributed by atoms with van der Waals surface area (Å²) in [5, 5.41) is 3.73. The van der Waals surface area contributed by atoms with Gasteiger partial charge in [0.15, 0.2) is 5.11 Å². The molecule has 6 nitrogen and oxygen atoms in total. The molecule has 8 heteroatoms. The summed E-state index contributed by atoms with van der Waals surface area (Å²) in [6.07, 6.45) is 1.55. The molecular weight excluding hydrogens is 362 g/mol. The summed E-state index contributed by atoms with van der Waals surface area (Å²) in [4.78, 5) is 27.9.